The number of aromatic hydroxyl groups is 2. The molecular formula is C25H24F2O2. The zero-order chi connectivity index (χ0) is 20.5. The van der Waals surface area contributed by atoms with E-state index >= 15 is 0 Å². The van der Waals surface area contributed by atoms with Crippen LogP contribution in [0.3, 0.4) is 0 Å². The molecule has 0 heterocycles. The van der Waals surface area contributed by atoms with E-state index in [1.807, 2.05) is 12.1 Å². The SMILES string of the molecule is CCC1C(c2ccc(O)cc2F)Cc2ccc(O)cc2C1Cc1ccccc1F. The molecule has 0 spiro atoms. The number of phenolic OH excluding ortho intramolecular Hbond substituents is 2. The van der Waals surface area contributed by atoms with Gasteiger partial charge in [0.05, 0.1) is 0 Å². The first-order valence-corrected chi connectivity index (χ1v) is 10.0. The minimum Gasteiger partial charge on any atom is -0.508 e. The van der Waals surface area contributed by atoms with Gasteiger partial charge in [0.15, 0.2) is 0 Å². The quantitative estimate of drug-likeness (QED) is 0.564. The van der Waals surface area contributed by atoms with Crippen LogP contribution in [0.1, 0.15) is 47.4 Å². The third kappa shape index (κ3) is 3.71. The molecule has 150 valence electrons. The van der Waals surface area contributed by atoms with Gasteiger partial charge in [0.25, 0.3) is 0 Å². The lowest BCUT2D eigenvalue weighted by Gasteiger charge is -2.40. The van der Waals surface area contributed by atoms with Gasteiger partial charge in [-0.1, -0.05) is 43.7 Å². The number of halogens is 2. The van der Waals surface area contributed by atoms with Gasteiger partial charge in [-0.3, -0.25) is 0 Å². The number of phenols is 2. The van der Waals surface area contributed by atoms with E-state index < -0.39 is 5.82 Å². The summed E-state index contributed by atoms with van der Waals surface area (Å²) in [6.45, 7) is 2.07. The van der Waals surface area contributed by atoms with E-state index in [2.05, 4.69) is 6.92 Å². The topological polar surface area (TPSA) is 40.5 Å². The molecule has 1 aliphatic rings. The van der Waals surface area contributed by atoms with Gasteiger partial charge in [0.1, 0.15) is 23.1 Å². The Hall–Kier alpha value is -2.88. The average Bonchev–Trinajstić information content (AvgIpc) is 2.69. The highest BCUT2D eigenvalue weighted by atomic mass is 19.1. The molecule has 0 radical (unpaired) electrons. The van der Waals surface area contributed by atoms with Crippen LogP contribution >= 0.6 is 0 Å². The van der Waals surface area contributed by atoms with Gasteiger partial charge in [-0.2, -0.15) is 0 Å². The fourth-order valence-corrected chi connectivity index (χ4v) is 4.90. The molecule has 3 unspecified atom stereocenters. The highest BCUT2D eigenvalue weighted by Crippen LogP contribution is 2.49. The second kappa shape index (κ2) is 7.86. The Morgan fingerprint density at radius 1 is 0.862 bits per heavy atom. The Morgan fingerprint density at radius 2 is 1.59 bits per heavy atom. The summed E-state index contributed by atoms with van der Waals surface area (Å²) >= 11 is 0. The highest BCUT2D eigenvalue weighted by Gasteiger charge is 2.38. The first-order valence-electron chi connectivity index (χ1n) is 10.0. The molecule has 4 heteroatoms. The van der Waals surface area contributed by atoms with Gasteiger partial charge in [0, 0.05) is 6.07 Å². The van der Waals surface area contributed by atoms with Crippen LogP contribution in [0.2, 0.25) is 0 Å². The maximum absolute atomic E-state index is 14.7. The number of fused-ring (bicyclic) bond motifs is 1. The third-order valence-corrected chi connectivity index (χ3v) is 6.25. The molecule has 0 aliphatic heterocycles. The first-order chi connectivity index (χ1) is 14.0. The van der Waals surface area contributed by atoms with E-state index in [1.54, 1.807) is 30.3 Å². The second-order valence-electron chi connectivity index (χ2n) is 7.87. The molecule has 2 N–H and O–H groups in total. The van der Waals surface area contributed by atoms with Gasteiger partial charge in [-0.05, 0) is 77.1 Å². The van der Waals surface area contributed by atoms with Crippen LogP contribution in [0.25, 0.3) is 0 Å². The average molecular weight is 394 g/mol. The minimum absolute atomic E-state index is 0.0500. The Morgan fingerprint density at radius 3 is 2.31 bits per heavy atom. The molecule has 0 aromatic heterocycles. The van der Waals surface area contributed by atoms with Crippen LogP contribution in [0.4, 0.5) is 8.78 Å². The molecule has 0 amide bonds. The minimum atomic E-state index is -0.416. The lowest BCUT2D eigenvalue weighted by Crippen LogP contribution is -2.30. The van der Waals surface area contributed by atoms with Crippen molar-refractivity contribution in [2.75, 3.05) is 0 Å². The molecule has 0 saturated carbocycles. The van der Waals surface area contributed by atoms with Crippen molar-refractivity contribution in [1.29, 1.82) is 0 Å². The summed E-state index contributed by atoms with van der Waals surface area (Å²) < 4.78 is 29.2. The summed E-state index contributed by atoms with van der Waals surface area (Å²) in [5.74, 6) is -0.639. The predicted molar refractivity (Wildman–Crippen MR) is 109 cm³/mol. The number of hydrogen-bond acceptors (Lipinski definition) is 2. The summed E-state index contributed by atoms with van der Waals surface area (Å²) in [5.41, 5.74) is 3.26. The molecule has 3 aromatic carbocycles. The van der Waals surface area contributed by atoms with Crippen LogP contribution < -0.4 is 0 Å². The van der Waals surface area contributed by atoms with Crippen LogP contribution in [0.5, 0.6) is 11.5 Å². The summed E-state index contributed by atoms with van der Waals surface area (Å²) in [6.07, 6.45) is 1.92. The van der Waals surface area contributed by atoms with Gasteiger partial charge in [-0.15, -0.1) is 0 Å². The Balaban J connectivity index is 1.82. The third-order valence-electron chi connectivity index (χ3n) is 6.25. The zero-order valence-corrected chi connectivity index (χ0v) is 16.3. The van der Waals surface area contributed by atoms with Crippen molar-refractivity contribution in [1.82, 2.24) is 0 Å². The maximum Gasteiger partial charge on any atom is 0.130 e. The Bertz CT molecular complexity index is 1030. The predicted octanol–water partition coefficient (Wildman–Crippen LogP) is 6.07. The maximum atomic E-state index is 14.7. The van der Waals surface area contributed by atoms with Gasteiger partial charge < -0.3 is 10.2 Å². The smallest absolute Gasteiger partial charge is 0.130 e. The lowest BCUT2D eigenvalue weighted by molar-refractivity contribution is 0.303. The lowest BCUT2D eigenvalue weighted by atomic mass is 9.64. The molecule has 1 aliphatic carbocycles. The van der Waals surface area contributed by atoms with Crippen molar-refractivity contribution < 1.29 is 19.0 Å². The van der Waals surface area contributed by atoms with Crippen molar-refractivity contribution in [2.24, 2.45) is 5.92 Å². The van der Waals surface area contributed by atoms with E-state index in [0.29, 0.717) is 24.0 Å². The second-order valence-corrected chi connectivity index (χ2v) is 7.87. The highest BCUT2D eigenvalue weighted by molar-refractivity contribution is 5.44. The zero-order valence-electron chi connectivity index (χ0n) is 16.3. The van der Waals surface area contributed by atoms with E-state index in [-0.39, 0.29) is 35.1 Å². The summed E-state index contributed by atoms with van der Waals surface area (Å²) in [4.78, 5) is 0. The van der Waals surface area contributed by atoms with Gasteiger partial charge in [-0.25, -0.2) is 8.78 Å². The molecule has 0 fully saturated rings. The van der Waals surface area contributed by atoms with Gasteiger partial charge in [0.2, 0.25) is 0 Å². The largest absolute Gasteiger partial charge is 0.508 e. The van der Waals surface area contributed by atoms with Crippen LogP contribution in [-0.2, 0) is 12.8 Å². The molecule has 4 rings (SSSR count). The summed E-state index contributed by atoms with van der Waals surface area (Å²) in [6, 6.07) is 16.4. The first kappa shape index (κ1) is 19.4. The van der Waals surface area contributed by atoms with E-state index in [0.717, 1.165) is 23.6 Å². The monoisotopic (exact) mass is 394 g/mol. The number of hydrogen-bond donors (Lipinski definition) is 2. The molecule has 3 aromatic rings. The molecule has 29 heavy (non-hydrogen) atoms. The van der Waals surface area contributed by atoms with Crippen molar-refractivity contribution in [3.8, 4) is 11.5 Å². The summed E-state index contributed by atoms with van der Waals surface area (Å²) in [7, 11) is 0. The van der Waals surface area contributed by atoms with Crippen LogP contribution in [0.15, 0.2) is 60.7 Å². The van der Waals surface area contributed by atoms with E-state index in [1.165, 1.54) is 12.1 Å². The van der Waals surface area contributed by atoms with E-state index in [4.69, 9.17) is 0 Å². The van der Waals surface area contributed by atoms with Crippen molar-refractivity contribution in [2.45, 2.75) is 38.0 Å². The van der Waals surface area contributed by atoms with Crippen molar-refractivity contribution >= 4 is 0 Å². The van der Waals surface area contributed by atoms with Gasteiger partial charge >= 0.3 is 0 Å². The van der Waals surface area contributed by atoms with Crippen LogP contribution in [-0.4, -0.2) is 10.2 Å². The standard InChI is InChI=1S/C25H24F2O2/c1-2-19-22(20-10-9-18(29)14-25(20)27)11-15-7-8-17(28)13-21(15)23(19)12-16-5-3-4-6-24(16)26/h3-10,13-14,19,22-23,28-29H,2,11-12H2,1H3. The number of rotatable bonds is 4. The molecular weight excluding hydrogens is 370 g/mol. The Labute approximate surface area is 169 Å². The van der Waals surface area contributed by atoms with Crippen LogP contribution in [0, 0.1) is 17.6 Å². The molecule has 0 bridgehead atoms. The van der Waals surface area contributed by atoms with E-state index in [9.17, 15) is 19.0 Å². The summed E-state index contributed by atoms with van der Waals surface area (Å²) in [5, 5.41) is 19.7. The molecule has 3 atom stereocenters. The van der Waals surface area contributed by atoms with Crippen molar-refractivity contribution in [3.05, 3.63) is 94.6 Å². The normalized spacial score (nSPS) is 21.0. The van der Waals surface area contributed by atoms with Crippen molar-refractivity contribution in [3.63, 3.8) is 0 Å². The Kier molecular flexibility index (Phi) is 5.27. The fourth-order valence-electron chi connectivity index (χ4n) is 4.90. The fraction of sp³-hybridized carbons (Fsp3) is 0.280. The number of benzene rings is 3. The molecule has 2 nitrogen and oxygen atoms in total. The molecule has 0 saturated heterocycles.